The number of aromatic nitrogens is 1. The average Bonchev–Trinajstić information content (AvgIpc) is 2.75. The standard InChI is InChI=1S/C10H9NO3S/c1-2-14-10(13)11-4-3-9-8(11)5-7(6-12)15-9/h3-6H,2H2,1H3. The predicted octanol–water partition coefficient (Wildman–Crippen LogP) is 2.52. The van der Waals surface area contributed by atoms with Crippen LogP contribution in [-0.4, -0.2) is 23.6 Å². The van der Waals surface area contributed by atoms with Gasteiger partial charge in [0.15, 0.2) is 6.29 Å². The number of rotatable bonds is 2. The molecule has 2 aromatic heterocycles. The highest BCUT2D eigenvalue weighted by molar-refractivity contribution is 7.20. The van der Waals surface area contributed by atoms with Crippen LogP contribution in [0.2, 0.25) is 0 Å². The molecule has 2 aromatic rings. The summed E-state index contributed by atoms with van der Waals surface area (Å²) in [7, 11) is 0. The second-order valence-corrected chi connectivity index (χ2v) is 4.02. The van der Waals surface area contributed by atoms with Crippen molar-refractivity contribution < 1.29 is 14.3 Å². The summed E-state index contributed by atoms with van der Waals surface area (Å²) in [4.78, 5) is 22.7. The van der Waals surface area contributed by atoms with Gasteiger partial charge >= 0.3 is 6.09 Å². The summed E-state index contributed by atoms with van der Waals surface area (Å²) < 4.78 is 7.19. The minimum absolute atomic E-state index is 0.336. The van der Waals surface area contributed by atoms with Crippen LogP contribution in [0.5, 0.6) is 0 Å². The minimum atomic E-state index is -0.414. The molecule has 78 valence electrons. The average molecular weight is 223 g/mol. The quantitative estimate of drug-likeness (QED) is 0.735. The number of fused-ring (bicyclic) bond motifs is 1. The molecule has 0 saturated heterocycles. The minimum Gasteiger partial charge on any atom is -0.449 e. The van der Waals surface area contributed by atoms with Gasteiger partial charge in [-0.3, -0.25) is 9.36 Å². The first-order valence-electron chi connectivity index (χ1n) is 4.49. The van der Waals surface area contributed by atoms with Gasteiger partial charge in [0, 0.05) is 6.20 Å². The zero-order chi connectivity index (χ0) is 10.8. The molecule has 0 radical (unpaired) electrons. The van der Waals surface area contributed by atoms with Crippen LogP contribution in [0.15, 0.2) is 18.3 Å². The van der Waals surface area contributed by atoms with Gasteiger partial charge in [-0.15, -0.1) is 11.3 Å². The Balaban J connectivity index is 2.47. The van der Waals surface area contributed by atoms with Crippen molar-refractivity contribution in [2.45, 2.75) is 6.92 Å². The molecule has 0 fully saturated rings. The lowest BCUT2D eigenvalue weighted by Gasteiger charge is -2.01. The van der Waals surface area contributed by atoms with E-state index >= 15 is 0 Å². The second kappa shape index (κ2) is 3.86. The van der Waals surface area contributed by atoms with Crippen LogP contribution in [0.25, 0.3) is 10.2 Å². The summed E-state index contributed by atoms with van der Waals surface area (Å²) in [6.07, 6.45) is 2.01. The van der Waals surface area contributed by atoms with Crippen molar-refractivity contribution in [1.82, 2.24) is 4.57 Å². The van der Waals surface area contributed by atoms with Gasteiger partial charge in [0.2, 0.25) is 0 Å². The van der Waals surface area contributed by atoms with Crippen molar-refractivity contribution in [3.63, 3.8) is 0 Å². The third-order valence-electron chi connectivity index (χ3n) is 1.97. The fourth-order valence-corrected chi connectivity index (χ4v) is 2.22. The van der Waals surface area contributed by atoms with Crippen LogP contribution in [0.4, 0.5) is 4.79 Å². The van der Waals surface area contributed by atoms with E-state index < -0.39 is 6.09 Å². The number of hydrogen-bond acceptors (Lipinski definition) is 4. The van der Waals surface area contributed by atoms with E-state index in [4.69, 9.17) is 4.74 Å². The first-order valence-corrected chi connectivity index (χ1v) is 5.31. The molecular weight excluding hydrogens is 214 g/mol. The third-order valence-corrected chi connectivity index (χ3v) is 2.99. The van der Waals surface area contributed by atoms with E-state index in [1.54, 1.807) is 25.3 Å². The Bertz CT molecular complexity index is 512. The fourth-order valence-electron chi connectivity index (χ4n) is 1.36. The molecule has 0 saturated carbocycles. The first-order chi connectivity index (χ1) is 7.26. The number of nitrogens with zero attached hydrogens (tertiary/aromatic N) is 1. The van der Waals surface area contributed by atoms with Crippen LogP contribution in [-0.2, 0) is 4.74 Å². The molecule has 0 aromatic carbocycles. The van der Waals surface area contributed by atoms with E-state index in [0.717, 1.165) is 16.5 Å². The van der Waals surface area contributed by atoms with Crippen molar-refractivity contribution in [2.75, 3.05) is 6.61 Å². The lowest BCUT2D eigenvalue weighted by molar-refractivity contribution is 0.112. The number of thiophene rings is 1. The van der Waals surface area contributed by atoms with Crippen molar-refractivity contribution in [2.24, 2.45) is 0 Å². The molecule has 15 heavy (non-hydrogen) atoms. The van der Waals surface area contributed by atoms with Gasteiger partial charge in [0.05, 0.1) is 21.7 Å². The largest absolute Gasteiger partial charge is 0.449 e. The van der Waals surface area contributed by atoms with Crippen LogP contribution in [0, 0.1) is 0 Å². The molecule has 0 N–H and O–H groups in total. The van der Waals surface area contributed by atoms with Gasteiger partial charge in [-0.1, -0.05) is 0 Å². The molecule has 0 bridgehead atoms. The van der Waals surface area contributed by atoms with Crippen molar-refractivity contribution >= 4 is 33.9 Å². The normalized spacial score (nSPS) is 10.5. The summed E-state index contributed by atoms with van der Waals surface area (Å²) >= 11 is 1.36. The first kappa shape index (κ1) is 9.92. The van der Waals surface area contributed by atoms with Gasteiger partial charge in [0.1, 0.15) is 0 Å². The van der Waals surface area contributed by atoms with Crippen molar-refractivity contribution in [1.29, 1.82) is 0 Å². The van der Waals surface area contributed by atoms with E-state index in [1.165, 1.54) is 15.9 Å². The summed E-state index contributed by atoms with van der Waals surface area (Å²) in [5.74, 6) is 0. The Kier molecular flexibility index (Phi) is 2.55. The maximum absolute atomic E-state index is 11.5. The smallest absolute Gasteiger partial charge is 0.418 e. The van der Waals surface area contributed by atoms with E-state index in [9.17, 15) is 9.59 Å². The molecular formula is C10H9NO3S. The highest BCUT2D eigenvalue weighted by Crippen LogP contribution is 2.25. The van der Waals surface area contributed by atoms with E-state index in [2.05, 4.69) is 0 Å². The lowest BCUT2D eigenvalue weighted by atomic mass is 10.4. The highest BCUT2D eigenvalue weighted by atomic mass is 32.1. The van der Waals surface area contributed by atoms with Crippen LogP contribution in [0.3, 0.4) is 0 Å². The Hall–Kier alpha value is -1.62. The molecule has 2 heterocycles. The number of ether oxygens (including phenoxy) is 1. The predicted molar refractivity (Wildman–Crippen MR) is 57.6 cm³/mol. The summed E-state index contributed by atoms with van der Waals surface area (Å²) in [5, 5.41) is 0. The molecule has 4 nitrogen and oxygen atoms in total. The van der Waals surface area contributed by atoms with Crippen molar-refractivity contribution in [3.05, 3.63) is 23.2 Å². The Morgan fingerprint density at radius 3 is 3.13 bits per heavy atom. The zero-order valence-corrected chi connectivity index (χ0v) is 8.91. The molecule has 0 aliphatic heterocycles. The lowest BCUT2D eigenvalue weighted by Crippen LogP contribution is -2.11. The monoisotopic (exact) mass is 223 g/mol. The number of carbonyl (C=O) groups excluding carboxylic acids is 2. The molecule has 5 heteroatoms. The topological polar surface area (TPSA) is 48.3 Å². The molecule has 0 atom stereocenters. The zero-order valence-electron chi connectivity index (χ0n) is 8.10. The van der Waals surface area contributed by atoms with E-state index in [0.29, 0.717) is 11.5 Å². The SMILES string of the molecule is CCOC(=O)n1ccc2sc(C=O)cc21. The Morgan fingerprint density at radius 2 is 2.47 bits per heavy atom. The maximum atomic E-state index is 11.5. The third kappa shape index (κ3) is 1.66. The van der Waals surface area contributed by atoms with E-state index in [-0.39, 0.29) is 0 Å². The molecule has 0 aliphatic carbocycles. The maximum Gasteiger partial charge on any atom is 0.418 e. The van der Waals surface area contributed by atoms with Gasteiger partial charge in [-0.25, -0.2) is 4.79 Å². The van der Waals surface area contributed by atoms with Gasteiger partial charge in [0.25, 0.3) is 0 Å². The number of hydrogen-bond donors (Lipinski definition) is 0. The molecule has 2 rings (SSSR count). The highest BCUT2D eigenvalue weighted by Gasteiger charge is 2.11. The fraction of sp³-hybridized carbons (Fsp3) is 0.200. The van der Waals surface area contributed by atoms with Gasteiger partial charge < -0.3 is 4.74 Å². The Labute approximate surface area is 90.1 Å². The number of aldehydes is 1. The molecule has 0 aliphatic rings. The van der Waals surface area contributed by atoms with Gasteiger partial charge in [-0.2, -0.15) is 0 Å². The van der Waals surface area contributed by atoms with Crippen LogP contribution >= 0.6 is 11.3 Å². The van der Waals surface area contributed by atoms with E-state index in [1.807, 2.05) is 0 Å². The van der Waals surface area contributed by atoms with Crippen molar-refractivity contribution in [3.8, 4) is 0 Å². The Morgan fingerprint density at radius 1 is 1.67 bits per heavy atom. The summed E-state index contributed by atoms with van der Waals surface area (Å²) in [6.45, 7) is 2.09. The van der Waals surface area contributed by atoms with Crippen LogP contribution < -0.4 is 0 Å². The number of carbonyl (C=O) groups is 2. The molecule has 0 amide bonds. The van der Waals surface area contributed by atoms with Gasteiger partial charge in [-0.05, 0) is 19.1 Å². The summed E-state index contributed by atoms with van der Waals surface area (Å²) in [6, 6.07) is 3.48. The molecule has 0 spiro atoms. The van der Waals surface area contributed by atoms with Crippen LogP contribution in [0.1, 0.15) is 16.6 Å². The molecule has 0 unspecified atom stereocenters. The summed E-state index contributed by atoms with van der Waals surface area (Å²) in [5.41, 5.74) is 0.723. The second-order valence-electron chi connectivity index (χ2n) is 2.90.